The normalized spacial score (nSPS) is 10.7. The van der Waals surface area contributed by atoms with E-state index >= 15 is 0 Å². The van der Waals surface area contributed by atoms with Crippen LogP contribution in [0.4, 0.5) is 21.9 Å². The molecule has 1 amide bonds. The molecule has 120 valence electrons. The van der Waals surface area contributed by atoms with Crippen LogP contribution in [0.2, 0.25) is 0 Å². The van der Waals surface area contributed by atoms with Crippen LogP contribution in [0, 0.1) is 10.1 Å². The van der Waals surface area contributed by atoms with Gasteiger partial charge in [0.15, 0.2) is 0 Å². The van der Waals surface area contributed by atoms with Gasteiger partial charge in [0, 0.05) is 11.8 Å². The Kier molecular flexibility index (Phi) is 5.28. The Morgan fingerprint density at radius 1 is 1.36 bits per heavy atom. The summed E-state index contributed by atoms with van der Waals surface area (Å²) in [7, 11) is 0. The lowest BCUT2D eigenvalue weighted by Gasteiger charge is -2.19. The predicted molar refractivity (Wildman–Crippen MR) is 79.1 cm³/mol. The van der Waals surface area contributed by atoms with Crippen molar-refractivity contribution in [1.29, 1.82) is 0 Å². The van der Waals surface area contributed by atoms with E-state index in [1.807, 2.05) is 0 Å². The second-order valence-electron chi connectivity index (χ2n) is 5.36. The van der Waals surface area contributed by atoms with Crippen LogP contribution in [0.15, 0.2) is 18.2 Å². The fourth-order valence-electron chi connectivity index (χ4n) is 1.51. The number of nitrogens with one attached hydrogen (secondary N) is 2. The first kappa shape index (κ1) is 17.2. The van der Waals surface area contributed by atoms with E-state index in [1.54, 1.807) is 20.8 Å². The number of hydrogen-bond donors (Lipinski definition) is 3. The van der Waals surface area contributed by atoms with Gasteiger partial charge in [-0.2, -0.15) is 0 Å². The van der Waals surface area contributed by atoms with Crippen molar-refractivity contribution in [3.63, 3.8) is 0 Å². The second kappa shape index (κ2) is 6.74. The van der Waals surface area contributed by atoms with Gasteiger partial charge in [0.05, 0.1) is 4.92 Å². The van der Waals surface area contributed by atoms with E-state index in [9.17, 15) is 19.7 Å². The number of aliphatic carboxylic acids is 1. The summed E-state index contributed by atoms with van der Waals surface area (Å²) >= 11 is 0. The summed E-state index contributed by atoms with van der Waals surface area (Å²) in [6, 6.07) is 3.76. The Balaban J connectivity index is 2.93. The highest BCUT2D eigenvalue weighted by Gasteiger charge is 2.18. The van der Waals surface area contributed by atoms with Crippen LogP contribution >= 0.6 is 0 Å². The number of nitrogens with zero attached hydrogens (tertiary/aromatic N) is 1. The summed E-state index contributed by atoms with van der Waals surface area (Å²) in [5, 5.41) is 24.4. The van der Waals surface area contributed by atoms with Crippen LogP contribution < -0.4 is 10.6 Å². The van der Waals surface area contributed by atoms with E-state index in [-0.39, 0.29) is 17.1 Å². The second-order valence-corrected chi connectivity index (χ2v) is 5.36. The molecule has 0 atom stereocenters. The first-order valence-electron chi connectivity index (χ1n) is 6.32. The monoisotopic (exact) mass is 311 g/mol. The summed E-state index contributed by atoms with van der Waals surface area (Å²) < 4.78 is 5.06. The molecule has 0 aliphatic carbocycles. The molecular weight excluding hydrogens is 294 g/mol. The number of carbonyl (C=O) groups is 2. The van der Waals surface area contributed by atoms with Crippen LogP contribution in [0.1, 0.15) is 20.8 Å². The van der Waals surface area contributed by atoms with Crippen molar-refractivity contribution in [1.82, 2.24) is 0 Å². The third-order valence-corrected chi connectivity index (χ3v) is 2.27. The van der Waals surface area contributed by atoms with Crippen LogP contribution in [0.5, 0.6) is 0 Å². The number of rotatable bonds is 5. The minimum absolute atomic E-state index is 0.0130. The Bertz CT molecular complexity index is 594. The number of carbonyl (C=O) groups excluding carboxylic acids is 1. The molecule has 0 heterocycles. The van der Waals surface area contributed by atoms with Crippen molar-refractivity contribution in [3.05, 3.63) is 28.3 Å². The van der Waals surface area contributed by atoms with Gasteiger partial charge in [-0.25, -0.2) is 4.79 Å². The maximum absolute atomic E-state index is 11.6. The number of benzene rings is 1. The van der Waals surface area contributed by atoms with Gasteiger partial charge in [-0.1, -0.05) is 0 Å². The van der Waals surface area contributed by atoms with Gasteiger partial charge in [-0.3, -0.25) is 20.2 Å². The molecule has 0 bridgehead atoms. The smallest absolute Gasteiger partial charge is 0.412 e. The van der Waals surface area contributed by atoms with E-state index in [0.717, 1.165) is 6.07 Å². The quantitative estimate of drug-likeness (QED) is 0.562. The van der Waals surface area contributed by atoms with E-state index in [2.05, 4.69) is 10.6 Å². The summed E-state index contributed by atoms with van der Waals surface area (Å²) in [5.41, 5.74) is -0.750. The SMILES string of the molecule is CC(C)(C)OC(=O)Nc1ccc([N+](=O)[O-])c(NCC(=O)O)c1. The van der Waals surface area contributed by atoms with Crippen molar-refractivity contribution < 1.29 is 24.4 Å². The number of carboxylic acids is 1. The van der Waals surface area contributed by atoms with Crippen molar-refractivity contribution in [2.24, 2.45) is 0 Å². The first-order valence-corrected chi connectivity index (χ1v) is 6.32. The molecule has 0 saturated carbocycles. The van der Waals surface area contributed by atoms with Crippen molar-refractivity contribution in [2.45, 2.75) is 26.4 Å². The Hall–Kier alpha value is -2.84. The summed E-state index contributed by atoms with van der Waals surface area (Å²) in [4.78, 5) is 32.4. The standard InChI is InChI=1S/C13H17N3O6/c1-13(2,3)22-12(19)15-8-4-5-10(16(20)21)9(6-8)14-7-11(17)18/h4-6,14H,7H2,1-3H3,(H,15,19)(H,17,18). The molecule has 3 N–H and O–H groups in total. The summed E-state index contributed by atoms with van der Waals surface area (Å²) in [5.74, 6) is -1.17. The molecule has 0 radical (unpaired) electrons. The van der Waals surface area contributed by atoms with Gasteiger partial charge in [0.25, 0.3) is 5.69 Å². The Labute approximate surface area is 126 Å². The van der Waals surface area contributed by atoms with Crippen molar-refractivity contribution >= 4 is 29.1 Å². The molecule has 0 fully saturated rings. The van der Waals surface area contributed by atoms with Gasteiger partial charge < -0.3 is 15.2 Å². The zero-order valence-corrected chi connectivity index (χ0v) is 12.4. The van der Waals surface area contributed by atoms with E-state index in [0.29, 0.717) is 0 Å². The van der Waals surface area contributed by atoms with Crippen LogP contribution in [-0.4, -0.2) is 34.2 Å². The molecule has 0 saturated heterocycles. The Morgan fingerprint density at radius 2 is 2.00 bits per heavy atom. The summed E-state index contributed by atoms with van der Waals surface area (Å²) in [6.45, 7) is 4.60. The van der Waals surface area contributed by atoms with Crippen LogP contribution in [0.25, 0.3) is 0 Å². The van der Waals surface area contributed by atoms with Gasteiger partial charge in [0.1, 0.15) is 17.8 Å². The fraction of sp³-hybridized carbons (Fsp3) is 0.385. The van der Waals surface area contributed by atoms with Gasteiger partial charge in [-0.05, 0) is 32.9 Å². The topological polar surface area (TPSA) is 131 Å². The maximum atomic E-state index is 11.6. The molecule has 0 aliphatic rings. The molecular formula is C13H17N3O6. The molecule has 9 heteroatoms. The van der Waals surface area contributed by atoms with Crippen molar-refractivity contribution in [2.75, 3.05) is 17.2 Å². The third-order valence-electron chi connectivity index (χ3n) is 2.27. The van der Waals surface area contributed by atoms with Gasteiger partial charge in [0.2, 0.25) is 0 Å². The third kappa shape index (κ3) is 5.65. The number of hydrogen-bond acceptors (Lipinski definition) is 6. The van der Waals surface area contributed by atoms with Crippen LogP contribution in [-0.2, 0) is 9.53 Å². The molecule has 0 spiro atoms. The van der Waals surface area contributed by atoms with E-state index < -0.39 is 29.1 Å². The number of nitro groups is 1. The highest BCUT2D eigenvalue weighted by Crippen LogP contribution is 2.27. The zero-order valence-electron chi connectivity index (χ0n) is 12.4. The molecule has 9 nitrogen and oxygen atoms in total. The highest BCUT2D eigenvalue weighted by atomic mass is 16.6. The molecule has 0 aliphatic heterocycles. The number of amides is 1. The van der Waals surface area contributed by atoms with Crippen molar-refractivity contribution in [3.8, 4) is 0 Å². The number of ether oxygens (including phenoxy) is 1. The lowest BCUT2D eigenvalue weighted by molar-refractivity contribution is -0.383. The number of anilines is 2. The first-order chi connectivity index (χ1) is 10.1. The number of carboxylic acid groups (broad SMARTS) is 1. The fourth-order valence-corrected chi connectivity index (χ4v) is 1.51. The molecule has 22 heavy (non-hydrogen) atoms. The van der Waals surface area contributed by atoms with Crippen LogP contribution in [0.3, 0.4) is 0 Å². The summed E-state index contributed by atoms with van der Waals surface area (Å²) in [6.07, 6.45) is -0.717. The minimum atomic E-state index is -1.17. The zero-order chi connectivity index (χ0) is 16.9. The molecule has 0 unspecified atom stereocenters. The number of nitro benzene ring substituents is 1. The largest absolute Gasteiger partial charge is 0.480 e. The van der Waals surface area contributed by atoms with Gasteiger partial charge in [-0.15, -0.1) is 0 Å². The maximum Gasteiger partial charge on any atom is 0.412 e. The Morgan fingerprint density at radius 3 is 2.50 bits per heavy atom. The molecule has 1 aromatic carbocycles. The minimum Gasteiger partial charge on any atom is -0.480 e. The highest BCUT2D eigenvalue weighted by molar-refractivity contribution is 5.87. The van der Waals surface area contributed by atoms with E-state index in [1.165, 1.54) is 12.1 Å². The van der Waals surface area contributed by atoms with Gasteiger partial charge >= 0.3 is 12.1 Å². The van der Waals surface area contributed by atoms with E-state index in [4.69, 9.17) is 9.84 Å². The lowest BCUT2D eigenvalue weighted by atomic mass is 10.2. The lowest BCUT2D eigenvalue weighted by Crippen LogP contribution is -2.27. The molecule has 1 aromatic rings. The molecule has 0 aromatic heterocycles. The average Bonchev–Trinajstić information content (AvgIpc) is 2.33. The predicted octanol–water partition coefficient (Wildman–Crippen LogP) is 2.44. The molecule has 1 rings (SSSR count). The average molecular weight is 311 g/mol.